The number of rotatable bonds is 3. The molecule has 0 bridgehead atoms. The third-order valence-electron chi connectivity index (χ3n) is 2.28. The fourth-order valence-corrected chi connectivity index (χ4v) is 2.32. The minimum absolute atomic E-state index is 0.126. The van der Waals surface area contributed by atoms with Crippen molar-refractivity contribution in [1.29, 1.82) is 0 Å². The van der Waals surface area contributed by atoms with Crippen LogP contribution < -0.4 is 4.74 Å². The van der Waals surface area contributed by atoms with Crippen LogP contribution in [0.2, 0.25) is 5.02 Å². The zero-order valence-electron chi connectivity index (χ0n) is 9.09. The summed E-state index contributed by atoms with van der Waals surface area (Å²) in [6.45, 7) is 0.126. The van der Waals surface area contributed by atoms with Gasteiger partial charge in [0.25, 0.3) is 0 Å². The standard InChI is InChI=1S/C13H8Br2ClFO/c14-9-2-4-12(17)8(5-9)7-18-13-6-10(15)1-3-11(13)16/h1-6H,7H2. The fraction of sp³-hybridized carbons (Fsp3) is 0.0769. The molecule has 5 heteroatoms. The minimum atomic E-state index is -0.302. The lowest BCUT2D eigenvalue weighted by Gasteiger charge is -2.09. The van der Waals surface area contributed by atoms with Crippen molar-refractivity contribution in [2.75, 3.05) is 0 Å². The van der Waals surface area contributed by atoms with Crippen molar-refractivity contribution in [3.05, 3.63) is 61.7 Å². The molecule has 0 aliphatic carbocycles. The zero-order valence-corrected chi connectivity index (χ0v) is 13.0. The monoisotopic (exact) mass is 392 g/mol. The van der Waals surface area contributed by atoms with Crippen LogP contribution in [0, 0.1) is 5.82 Å². The molecular weight excluding hydrogens is 386 g/mol. The Morgan fingerprint density at radius 1 is 1.06 bits per heavy atom. The van der Waals surface area contributed by atoms with Gasteiger partial charge in [-0.25, -0.2) is 4.39 Å². The fourth-order valence-electron chi connectivity index (χ4n) is 1.40. The Hall–Kier alpha value is -0.580. The van der Waals surface area contributed by atoms with E-state index in [2.05, 4.69) is 31.9 Å². The van der Waals surface area contributed by atoms with E-state index in [1.165, 1.54) is 6.07 Å². The highest BCUT2D eigenvalue weighted by Gasteiger charge is 2.06. The third kappa shape index (κ3) is 3.46. The summed E-state index contributed by atoms with van der Waals surface area (Å²) in [6, 6.07) is 10.0. The van der Waals surface area contributed by atoms with Crippen LogP contribution in [0.1, 0.15) is 5.56 Å². The summed E-state index contributed by atoms with van der Waals surface area (Å²) in [5, 5.41) is 0.494. The van der Waals surface area contributed by atoms with E-state index in [9.17, 15) is 4.39 Å². The summed E-state index contributed by atoms with van der Waals surface area (Å²) < 4.78 is 20.7. The van der Waals surface area contributed by atoms with Crippen molar-refractivity contribution in [2.24, 2.45) is 0 Å². The second-order valence-corrected chi connectivity index (χ2v) is 5.84. The number of benzene rings is 2. The molecule has 0 amide bonds. The molecule has 0 aliphatic rings. The molecule has 0 saturated carbocycles. The first-order valence-corrected chi connectivity index (χ1v) is 7.04. The second-order valence-electron chi connectivity index (χ2n) is 3.60. The van der Waals surface area contributed by atoms with Crippen molar-refractivity contribution in [1.82, 2.24) is 0 Å². The van der Waals surface area contributed by atoms with E-state index in [1.807, 2.05) is 6.07 Å². The Morgan fingerprint density at radius 3 is 2.50 bits per heavy atom. The van der Waals surface area contributed by atoms with Gasteiger partial charge in [0.2, 0.25) is 0 Å². The predicted molar refractivity (Wildman–Crippen MR) is 77.6 cm³/mol. The van der Waals surface area contributed by atoms with Crippen molar-refractivity contribution < 1.29 is 9.13 Å². The van der Waals surface area contributed by atoms with Crippen LogP contribution in [0.4, 0.5) is 4.39 Å². The second kappa shape index (κ2) is 6.04. The van der Waals surface area contributed by atoms with Gasteiger partial charge in [0.05, 0.1) is 5.02 Å². The van der Waals surface area contributed by atoms with Gasteiger partial charge in [-0.2, -0.15) is 0 Å². The van der Waals surface area contributed by atoms with Crippen LogP contribution in [-0.4, -0.2) is 0 Å². The van der Waals surface area contributed by atoms with Crippen LogP contribution in [0.25, 0.3) is 0 Å². The van der Waals surface area contributed by atoms with Crippen LogP contribution in [0.5, 0.6) is 5.75 Å². The molecule has 0 spiro atoms. The molecule has 18 heavy (non-hydrogen) atoms. The number of hydrogen-bond acceptors (Lipinski definition) is 1. The summed E-state index contributed by atoms with van der Waals surface area (Å²) >= 11 is 12.6. The van der Waals surface area contributed by atoms with Gasteiger partial charge in [0.15, 0.2) is 0 Å². The predicted octanol–water partition coefficient (Wildman–Crippen LogP) is 5.58. The van der Waals surface area contributed by atoms with Crippen LogP contribution >= 0.6 is 43.5 Å². The van der Waals surface area contributed by atoms with Gasteiger partial charge in [-0.05, 0) is 36.4 Å². The maximum atomic E-state index is 13.5. The molecular formula is C13H8Br2ClFO. The van der Waals surface area contributed by atoms with E-state index in [4.69, 9.17) is 16.3 Å². The Kier molecular flexibility index (Phi) is 4.65. The van der Waals surface area contributed by atoms with Gasteiger partial charge in [0.1, 0.15) is 18.2 Å². The van der Waals surface area contributed by atoms with Crippen LogP contribution in [-0.2, 0) is 6.61 Å². The number of hydrogen-bond donors (Lipinski definition) is 0. The molecule has 2 rings (SSSR count). The normalized spacial score (nSPS) is 10.4. The SMILES string of the molecule is Fc1ccc(Br)cc1COc1cc(Br)ccc1Cl. The first-order chi connectivity index (χ1) is 8.56. The average Bonchev–Trinajstić information content (AvgIpc) is 2.34. The molecule has 1 nitrogen and oxygen atoms in total. The molecule has 0 aliphatic heterocycles. The molecule has 0 fully saturated rings. The number of ether oxygens (including phenoxy) is 1. The first kappa shape index (κ1) is 13.8. The number of halogens is 4. The average molecular weight is 394 g/mol. The minimum Gasteiger partial charge on any atom is -0.487 e. The van der Waals surface area contributed by atoms with Crippen molar-refractivity contribution in [3.8, 4) is 5.75 Å². The summed E-state index contributed by atoms with van der Waals surface area (Å²) in [7, 11) is 0. The summed E-state index contributed by atoms with van der Waals surface area (Å²) in [5.41, 5.74) is 0.473. The maximum absolute atomic E-state index is 13.5. The highest BCUT2D eigenvalue weighted by molar-refractivity contribution is 9.10. The highest BCUT2D eigenvalue weighted by Crippen LogP contribution is 2.29. The van der Waals surface area contributed by atoms with Gasteiger partial charge >= 0.3 is 0 Å². The summed E-state index contributed by atoms with van der Waals surface area (Å²) in [4.78, 5) is 0. The van der Waals surface area contributed by atoms with E-state index >= 15 is 0 Å². The summed E-state index contributed by atoms with van der Waals surface area (Å²) in [6.07, 6.45) is 0. The Labute approximate surface area is 126 Å². The van der Waals surface area contributed by atoms with Gasteiger partial charge in [-0.3, -0.25) is 0 Å². The lowest BCUT2D eigenvalue weighted by molar-refractivity contribution is 0.300. The van der Waals surface area contributed by atoms with E-state index in [1.54, 1.807) is 24.3 Å². The summed E-state index contributed by atoms with van der Waals surface area (Å²) in [5.74, 6) is 0.217. The van der Waals surface area contributed by atoms with Crippen molar-refractivity contribution in [3.63, 3.8) is 0 Å². The van der Waals surface area contributed by atoms with E-state index in [-0.39, 0.29) is 12.4 Å². The Balaban J connectivity index is 2.16. The van der Waals surface area contributed by atoms with Crippen LogP contribution in [0.15, 0.2) is 45.3 Å². The molecule has 94 valence electrons. The molecule has 2 aromatic rings. The molecule has 0 radical (unpaired) electrons. The quantitative estimate of drug-likeness (QED) is 0.660. The van der Waals surface area contributed by atoms with E-state index < -0.39 is 0 Å². The van der Waals surface area contributed by atoms with Crippen molar-refractivity contribution in [2.45, 2.75) is 6.61 Å². The molecule has 0 unspecified atom stereocenters. The Morgan fingerprint density at radius 2 is 1.72 bits per heavy atom. The van der Waals surface area contributed by atoms with Gasteiger partial charge in [-0.15, -0.1) is 0 Å². The first-order valence-electron chi connectivity index (χ1n) is 5.08. The molecule has 0 aromatic heterocycles. The van der Waals surface area contributed by atoms with Gasteiger partial charge in [0, 0.05) is 14.5 Å². The third-order valence-corrected chi connectivity index (χ3v) is 3.58. The van der Waals surface area contributed by atoms with Gasteiger partial charge < -0.3 is 4.74 Å². The molecule has 0 heterocycles. The highest BCUT2D eigenvalue weighted by atomic mass is 79.9. The topological polar surface area (TPSA) is 9.23 Å². The molecule has 0 saturated heterocycles. The lowest BCUT2D eigenvalue weighted by Crippen LogP contribution is -1.99. The maximum Gasteiger partial charge on any atom is 0.139 e. The molecule has 2 aromatic carbocycles. The largest absolute Gasteiger partial charge is 0.487 e. The zero-order chi connectivity index (χ0) is 13.1. The van der Waals surface area contributed by atoms with Crippen LogP contribution in [0.3, 0.4) is 0 Å². The smallest absolute Gasteiger partial charge is 0.139 e. The lowest BCUT2D eigenvalue weighted by atomic mass is 10.2. The van der Waals surface area contributed by atoms with Crippen molar-refractivity contribution >= 4 is 43.5 Å². The molecule has 0 atom stereocenters. The molecule has 0 N–H and O–H groups in total. The van der Waals surface area contributed by atoms with E-state index in [0.29, 0.717) is 16.3 Å². The van der Waals surface area contributed by atoms with Gasteiger partial charge in [-0.1, -0.05) is 43.5 Å². The Bertz CT molecular complexity index is 523. The van der Waals surface area contributed by atoms with E-state index in [0.717, 1.165) is 8.95 Å².